The number of nitrogens with zero attached hydrogens (tertiary/aromatic N) is 2. The standard InChI is InChI=1S/C13H24N4O3S/c1-14-13(15-5-6-16-21(2,18)19)17-7-9-10(8-17)12-4-3-11(9)20-12/h9-12,16H,3-8H2,1-2H3,(H,14,15). The smallest absolute Gasteiger partial charge is 0.208 e. The molecular weight excluding hydrogens is 292 g/mol. The van der Waals surface area contributed by atoms with Gasteiger partial charge in [-0.2, -0.15) is 0 Å². The van der Waals surface area contributed by atoms with Gasteiger partial charge in [-0.15, -0.1) is 0 Å². The molecule has 0 amide bonds. The van der Waals surface area contributed by atoms with E-state index in [0.29, 0.717) is 37.1 Å². The lowest BCUT2D eigenvalue weighted by atomic mass is 9.82. The van der Waals surface area contributed by atoms with Gasteiger partial charge in [-0.25, -0.2) is 13.1 Å². The van der Waals surface area contributed by atoms with E-state index in [2.05, 4.69) is 19.9 Å². The maximum atomic E-state index is 11.0. The summed E-state index contributed by atoms with van der Waals surface area (Å²) in [6.07, 6.45) is 4.44. The Labute approximate surface area is 126 Å². The molecule has 3 rings (SSSR count). The van der Waals surface area contributed by atoms with Gasteiger partial charge in [-0.1, -0.05) is 0 Å². The van der Waals surface area contributed by atoms with Crippen LogP contribution in [0.5, 0.6) is 0 Å². The van der Waals surface area contributed by atoms with Crippen molar-refractivity contribution >= 4 is 16.0 Å². The average molecular weight is 316 g/mol. The molecule has 0 radical (unpaired) electrons. The van der Waals surface area contributed by atoms with Gasteiger partial charge < -0.3 is 15.0 Å². The van der Waals surface area contributed by atoms with E-state index < -0.39 is 10.0 Å². The van der Waals surface area contributed by atoms with Crippen LogP contribution in [0.25, 0.3) is 0 Å². The van der Waals surface area contributed by atoms with Crippen LogP contribution in [0.4, 0.5) is 0 Å². The predicted octanol–water partition coefficient (Wildman–Crippen LogP) is -0.780. The number of hydrogen-bond donors (Lipinski definition) is 2. The van der Waals surface area contributed by atoms with Crippen LogP contribution in [0.15, 0.2) is 4.99 Å². The van der Waals surface area contributed by atoms with E-state index in [1.165, 1.54) is 19.1 Å². The Balaban J connectivity index is 1.49. The summed E-state index contributed by atoms with van der Waals surface area (Å²) in [5, 5.41) is 3.23. The number of likely N-dealkylation sites (tertiary alicyclic amines) is 1. The highest BCUT2D eigenvalue weighted by Crippen LogP contribution is 2.47. The second kappa shape index (κ2) is 5.73. The van der Waals surface area contributed by atoms with Gasteiger partial charge in [-0.3, -0.25) is 4.99 Å². The highest BCUT2D eigenvalue weighted by Gasteiger charge is 2.53. The van der Waals surface area contributed by atoms with Crippen molar-refractivity contribution < 1.29 is 13.2 Å². The van der Waals surface area contributed by atoms with E-state index in [9.17, 15) is 8.42 Å². The summed E-state index contributed by atoms with van der Waals surface area (Å²) in [5.74, 6) is 2.13. The normalized spacial score (nSPS) is 35.3. The number of rotatable bonds is 4. The van der Waals surface area contributed by atoms with Gasteiger partial charge in [0.1, 0.15) is 0 Å². The first-order valence-electron chi connectivity index (χ1n) is 7.53. The zero-order valence-electron chi connectivity index (χ0n) is 12.6. The van der Waals surface area contributed by atoms with Gasteiger partial charge in [0.25, 0.3) is 0 Å². The van der Waals surface area contributed by atoms with E-state index in [0.717, 1.165) is 19.0 Å². The van der Waals surface area contributed by atoms with Gasteiger partial charge in [0.05, 0.1) is 18.5 Å². The predicted molar refractivity (Wildman–Crippen MR) is 80.7 cm³/mol. The lowest BCUT2D eigenvalue weighted by Crippen LogP contribution is -2.44. The fourth-order valence-electron chi connectivity index (χ4n) is 3.88. The zero-order chi connectivity index (χ0) is 15.0. The maximum Gasteiger partial charge on any atom is 0.208 e. The molecule has 0 aliphatic carbocycles. The third-order valence-corrected chi connectivity index (χ3v) is 5.46. The Morgan fingerprint density at radius 2 is 1.86 bits per heavy atom. The Morgan fingerprint density at radius 3 is 2.38 bits per heavy atom. The summed E-state index contributed by atoms with van der Waals surface area (Å²) in [6.45, 7) is 2.89. The molecule has 8 heteroatoms. The molecule has 21 heavy (non-hydrogen) atoms. The van der Waals surface area contributed by atoms with Crippen molar-refractivity contribution in [3.8, 4) is 0 Å². The van der Waals surface area contributed by atoms with E-state index >= 15 is 0 Å². The molecule has 3 heterocycles. The molecular formula is C13H24N4O3S. The number of ether oxygens (including phenoxy) is 1. The Hall–Kier alpha value is -0.860. The first kappa shape index (κ1) is 15.1. The quantitative estimate of drug-likeness (QED) is 0.404. The van der Waals surface area contributed by atoms with Gasteiger partial charge >= 0.3 is 0 Å². The molecule has 4 unspecified atom stereocenters. The van der Waals surface area contributed by atoms with Crippen molar-refractivity contribution in [2.45, 2.75) is 25.0 Å². The van der Waals surface area contributed by atoms with Gasteiger partial charge in [0.2, 0.25) is 10.0 Å². The van der Waals surface area contributed by atoms with E-state index in [-0.39, 0.29) is 0 Å². The summed E-state index contributed by atoms with van der Waals surface area (Å²) in [4.78, 5) is 6.60. The highest BCUT2D eigenvalue weighted by molar-refractivity contribution is 7.88. The molecule has 0 aromatic heterocycles. The van der Waals surface area contributed by atoms with Gasteiger partial charge in [0.15, 0.2) is 5.96 Å². The fraction of sp³-hybridized carbons (Fsp3) is 0.923. The highest BCUT2D eigenvalue weighted by atomic mass is 32.2. The first-order valence-corrected chi connectivity index (χ1v) is 9.43. The topological polar surface area (TPSA) is 83.0 Å². The minimum Gasteiger partial charge on any atom is -0.374 e. The third kappa shape index (κ3) is 3.17. The van der Waals surface area contributed by atoms with Crippen LogP contribution in [0.2, 0.25) is 0 Å². The SMILES string of the molecule is CN=C(NCCNS(C)(=O)=O)N1CC2C3CCC(O3)C2C1. The number of guanidine groups is 1. The zero-order valence-corrected chi connectivity index (χ0v) is 13.4. The van der Waals surface area contributed by atoms with Crippen LogP contribution < -0.4 is 10.0 Å². The molecule has 3 aliphatic heterocycles. The van der Waals surface area contributed by atoms with Crippen LogP contribution >= 0.6 is 0 Å². The molecule has 0 aromatic rings. The van der Waals surface area contributed by atoms with Crippen molar-refractivity contribution in [2.24, 2.45) is 16.8 Å². The molecule has 2 bridgehead atoms. The van der Waals surface area contributed by atoms with Crippen LogP contribution in [-0.2, 0) is 14.8 Å². The first-order chi connectivity index (χ1) is 9.98. The molecule has 3 aliphatic rings. The molecule has 4 atom stereocenters. The Morgan fingerprint density at radius 1 is 1.24 bits per heavy atom. The Bertz CT molecular complexity index is 504. The fourth-order valence-corrected chi connectivity index (χ4v) is 4.35. The summed E-state index contributed by atoms with van der Waals surface area (Å²) in [7, 11) is -1.36. The molecule has 0 saturated carbocycles. The third-order valence-electron chi connectivity index (χ3n) is 4.74. The largest absolute Gasteiger partial charge is 0.374 e. The van der Waals surface area contributed by atoms with Crippen molar-refractivity contribution in [1.29, 1.82) is 0 Å². The van der Waals surface area contributed by atoms with Crippen molar-refractivity contribution in [3.63, 3.8) is 0 Å². The van der Waals surface area contributed by atoms with Crippen molar-refractivity contribution in [1.82, 2.24) is 14.9 Å². The van der Waals surface area contributed by atoms with E-state index in [1.54, 1.807) is 7.05 Å². The molecule has 0 aromatic carbocycles. The summed E-state index contributed by atoms with van der Waals surface area (Å²) in [6, 6.07) is 0. The van der Waals surface area contributed by atoms with Gasteiger partial charge in [-0.05, 0) is 12.8 Å². The summed E-state index contributed by atoms with van der Waals surface area (Å²) in [5.41, 5.74) is 0. The number of nitrogens with one attached hydrogen (secondary N) is 2. The minimum atomic E-state index is -3.13. The van der Waals surface area contributed by atoms with Crippen LogP contribution in [0, 0.1) is 11.8 Å². The molecule has 2 N–H and O–H groups in total. The molecule has 0 spiro atoms. The Kier molecular flexibility index (Phi) is 4.11. The van der Waals surface area contributed by atoms with E-state index in [1.807, 2.05) is 0 Å². The molecule has 7 nitrogen and oxygen atoms in total. The van der Waals surface area contributed by atoms with Crippen LogP contribution in [-0.4, -0.2) is 71.0 Å². The molecule has 3 saturated heterocycles. The van der Waals surface area contributed by atoms with Crippen molar-refractivity contribution in [3.05, 3.63) is 0 Å². The van der Waals surface area contributed by atoms with E-state index in [4.69, 9.17) is 4.74 Å². The second-order valence-electron chi connectivity index (χ2n) is 6.16. The number of hydrogen-bond acceptors (Lipinski definition) is 4. The summed E-state index contributed by atoms with van der Waals surface area (Å²) >= 11 is 0. The molecule has 120 valence electrons. The second-order valence-corrected chi connectivity index (χ2v) is 8.00. The van der Waals surface area contributed by atoms with Crippen molar-refractivity contribution in [2.75, 3.05) is 39.5 Å². The van der Waals surface area contributed by atoms with Crippen LogP contribution in [0.1, 0.15) is 12.8 Å². The lowest BCUT2D eigenvalue weighted by molar-refractivity contribution is 0.0767. The minimum absolute atomic E-state index is 0.368. The maximum absolute atomic E-state index is 11.0. The average Bonchev–Trinajstić information content (AvgIpc) is 3.09. The number of fused-ring (bicyclic) bond motifs is 5. The molecule has 3 fully saturated rings. The number of sulfonamides is 1. The van der Waals surface area contributed by atoms with Gasteiger partial charge in [0, 0.05) is 45.1 Å². The lowest BCUT2D eigenvalue weighted by Gasteiger charge is -2.23. The monoisotopic (exact) mass is 316 g/mol. The summed E-state index contributed by atoms with van der Waals surface area (Å²) < 4.78 is 30.5. The number of aliphatic imine (C=N–C) groups is 1. The van der Waals surface area contributed by atoms with Crippen LogP contribution in [0.3, 0.4) is 0 Å².